The van der Waals surface area contributed by atoms with Crippen molar-refractivity contribution in [3.05, 3.63) is 33.3 Å². The van der Waals surface area contributed by atoms with Gasteiger partial charge in [0.05, 0.1) is 4.92 Å². The van der Waals surface area contributed by atoms with E-state index in [9.17, 15) is 14.9 Å². The number of benzene rings is 1. The van der Waals surface area contributed by atoms with E-state index in [1.54, 1.807) is 13.8 Å². The molecule has 1 rings (SSSR count). The standard InChI is InChI=1S/C11H13ClN2O4/c1-6(2)10(11(15)16)13-8-5-7(12)3-4-9(8)14(17)18/h3-6,10,13H,1-2H3,(H,15,16)/t10-/m1/s1. The molecule has 0 aliphatic heterocycles. The number of carboxylic acid groups (broad SMARTS) is 1. The lowest BCUT2D eigenvalue weighted by molar-refractivity contribution is -0.384. The molecule has 1 atom stereocenters. The van der Waals surface area contributed by atoms with Crippen LogP contribution in [-0.4, -0.2) is 22.0 Å². The van der Waals surface area contributed by atoms with Gasteiger partial charge in [-0.1, -0.05) is 25.4 Å². The molecule has 0 unspecified atom stereocenters. The molecule has 0 aliphatic rings. The van der Waals surface area contributed by atoms with E-state index in [1.807, 2.05) is 0 Å². The molecule has 7 heteroatoms. The first-order valence-corrected chi connectivity index (χ1v) is 5.64. The highest BCUT2D eigenvalue weighted by Gasteiger charge is 2.24. The van der Waals surface area contributed by atoms with Crippen LogP contribution in [-0.2, 0) is 4.79 Å². The van der Waals surface area contributed by atoms with Crippen molar-refractivity contribution in [3.63, 3.8) is 0 Å². The number of halogens is 1. The van der Waals surface area contributed by atoms with Gasteiger partial charge in [-0.2, -0.15) is 0 Å². The maximum Gasteiger partial charge on any atom is 0.326 e. The smallest absolute Gasteiger partial charge is 0.326 e. The maximum atomic E-state index is 11.0. The van der Waals surface area contributed by atoms with Crippen LogP contribution in [0.25, 0.3) is 0 Å². The molecular weight excluding hydrogens is 260 g/mol. The SMILES string of the molecule is CC(C)[C@@H](Nc1cc(Cl)ccc1[N+](=O)[O-])C(=O)O. The lowest BCUT2D eigenvalue weighted by atomic mass is 10.0. The summed E-state index contributed by atoms with van der Waals surface area (Å²) in [7, 11) is 0. The maximum absolute atomic E-state index is 11.0. The van der Waals surface area contributed by atoms with E-state index in [2.05, 4.69) is 5.32 Å². The fraction of sp³-hybridized carbons (Fsp3) is 0.364. The van der Waals surface area contributed by atoms with E-state index < -0.39 is 16.9 Å². The Morgan fingerprint density at radius 3 is 2.56 bits per heavy atom. The fourth-order valence-corrected chi connectivity index (χ4v) is 1.64. The number of carbonyl (C=O) groups is 1. The van der Waals surface area contributed by atoms with Gasteiger partial charge in [0.25, 0.3) is 5.69 Å². The van der Waals surface area contributed by atoms with Gasteiger partial charge in [0.1, 0.15) is 11.7 Å². The van der Waals surface area contributed by atoms with Crippen molar-refractivity contribution < 1.29 is 14.8 Å². The number of nitro groups is 1. The van der Waals surface area contributed by atoms with E-state index in [1.165, 1.54) is 18.2 Å². The van der Waals surface area contributed by atoms with Crippen molar-refractivity contribution in [3.8, 4) is 0 Å². The second-order valence-corrected chi connectivity index (χ2v) is 4.56. The van der Waals surface area contributed by atoms with Gasteiger partial charge in [0.15, 0.2) is 0 Å². The Bertz CT molecular complexity index is 476. The number of aliphatic carboxylic acids is 1. The molecule has 98 valence electrons. The Morgan fingerprint density at radius 1 is 1.50 bits per heavy atom. The summed E-state index contributed by atoms with van der Waals surface area (Å²) >= 11 is 5.75. The molecule has 0 fully saturated rings. The molecule has 0 radical (unpaired) electrons. The monoisotopic (exact) mass is 272 g/mol. The number of rotatable bonds is 5. The first-order valence-electron chi connectivity index (χ1n) is 5.26. The van der Waals surface area contributed by atoms with E-state index in [0.29, 0.717) is 5.02 Å². The van der Waals surface area contributed by atoms with Crippen molar-refractivity contribution in [1.82, 2.24) is 0 Å². The van der Waals surface area contributed by atoms with Crippen LogP contribution in [0.5, 0.6) is 0 Å². The first-order chi connectivity index (χ1) is 8.32. The summed E-state index contributed by atoms with van der Waals surface area (Å²) in [6, 6.07) is 3.06. The number of nitro benzene ring substituents is 1. The van der Waals surface area contributed by atoms with Gasteiger partial charge < -0.3 is 10.4 Å². The number of hydrogen-bond acceptors (Lipinski definition) is 4. The Balaban J connectivity index is 3.12. The zero-order valence-corrected chi connectivity index (χ0v) is 10.6. The average molecular weight is 273 g/mol. The molecule has 1 aromatic rings. The molecule has 18 heavy (non-hydrogen) atoms. The molecule has 0 heterocycles. The van der Waals surface area contributed by atoms with E-state index in [0.717, 1.165) is 0 Å². The van der Waals surface area contributed by atoms with Gasteiger partial charge in [0.2, 0.25) is 0 Å². The molecule has 0 saturated heterocycles. The van der Waals surface area contributed by atoms with E-state index >= 15 is 0 Å². The Hall–Kier alpha value is -1.82. The average Bonchev–Trinajstić information content (AvgIpc) is 2.24. The number of nitrogens with zero attached hydrogens (tertiary/aromatic N) is 1. The quantitative estimate of drug-likeness (QED) is 0.635. The van der Waals surface area contributed by atoms with Crippen molar-refractivity contribution in [1.29, 1.82) is 0 Å². The highest BCUT2D eigenvalue weighted by Crippen LogP contribution is 2.29. The van der Waals surface area contributed by atoms with Crippen LogP contribution in [0.2, 0.25) is 5.02 Å². The topological polar surface area (TPSA) is 92.5 Å². The van der Waals surface area contributed by atoms with Crippen LogP contribution in [0.1, 0.15) is 13.8 Å². The third-order valence-electron chi connectivity index (χ3n) is 2.40. The van der Waals surface area contributed by atoms with Gasteiger partial charge in [0, 0.05) is 11.1 Å². The molecule has 1 aromatic carbocycles. The van der Waals surface area contributed by atoms with Gasteiger partial charge in [-0.3, -0.25) is 10.1 Å². The lowest BCUT2D eigenvalue weighted by Crippen LogP contribution is -2.34. The number of hydrogen-bond donors (Lipinski definition) is 2. The minimum Gasteiger partial charge on any atom is -0.480 e. The summed E-state index contributed by atoms with van der Waals surface area (Å²) in [5.74, 6) is -1.29. The van der Waals surface area contributed by atoms with Crippen LogP contribution in [0, 0.1) is 16.0 Å². The molecule has 6 nitrogen and oxygen atoms in total. The predicted octanol–water partition coefficient (Wildman–Crippen LogP) is 2.77. The summed E-state index contributed by atoms with van der Waals surface area (Å²) in [6.07, 6.45) is 0. The van der Waals surface area contributed by atoms with Crippen molar-refractivity contribution in [2.24, 2.45) is 5.92 Å². The molecule has 0 aromatic heterocycles. The molecule has 0 aliphatic carbocycles. The third-order valence-corrected chi connectivity index (χ3v) is 2.63. The van der Waals surface area contributed by atoms with Crippen LogP contribution >= 0.6 is 11.6 Å². The minimum absolute atomic E-state index is 0.105. The zero-order chi connectivity index (χ0) is 13.9. The molecule has 0 spiro atoms. The van der Waals surface area contributed by atoms with Crippen LogP contribution in [0.4, 0.5) is 11.4 Å². The van der Waals surface area contributed by atoms with Gasteiger partial charge in [-0.25, -0.2) is 4.79 Å². The van der Waals surface area contributed by atoms with Gasteiger partial charge in [-0.15, -0.1) is 0 Å². The third kappa shape index (κ3) is 3.33. The van der Waals surface area contributed by atoms with Crippen molar-refractivity contribution in [2.45, 2.75) is 19.9 Å². The Morgan fingerprint density at radius 2 is 2.11 bits per heavy atom. The normalized spacial score (nSPS) is 12.2. The predicted molar refractivity (Wildman–Crippen MR) is 68.0 cm³/mol. The summed E-state index contributed by atoms with van der Waals surface area (Å²) < 4.78 is 0. The van der Waals surface area contributed by atoms with Gasteiger partial charge in [-0.05, 0) is 18.1 Å². The minimum atomic E-state index is -1.07. The first kappa shape index (κ1) is 14.2. The van der Waals surface area contributed by atoms with Crippen molar-refractivity contribution >= 4 is 28.9 Å². The second-order valence-electron chi connectivity index (χ2n) is 4.12. The van der Waals surface area contributed by atoms with Crippen molar-refractivity contribution in [2.75, 3.05) is 5.32 Å². The molecule has 0 amide bonds. The highest BCUT2D eigenvalue weighted by atomic mass is 35.5. The zero-order valence-electron chi connectivity index (χ0n) is 9.88. The fourth-order valence-electron chi connectivity index (χ4n) is 1.46. The highest BCUT2D eigenvalue weighted by molar-refractivity contribution is 6.31. The van der Waals surface area contributed by atoms with Gasteiger partial charge >= 0.3 is 5.97 Å². The Kier molecular flexibility index (Phi) is 4.49. The van der Waals surface area contributed by atoms with Crippen LogP contribution in [0.3, 0.4) is 0 Å². The summed E-state index contributed by atoms with van der Waals surface area (Å²) in [6.45, 7) is 3.42. The number of carboxylic acids is 1. The van der Waals surface area contributed by atoms with E-state index in [4.69, 9.17) is 16.7 Å². The largest absolute Gasteiger partial charge is 0.480 e. The number of nitrogens with one attached hydrogen (secondary N) is 1. The molecule has 0 saturated carbocycles. The number of anilines is 1. The summed E-state index contributed by atoms with van der Waals surface area (Å²) in [4.78, 5) is 21.3. The molecular formula is C11H13ClN2O4. The molecule has 2 N–H and O–H groups in total. The molecule has 0 bridgehead atoms. The van der Waals surface area contributed by atoms with E-state index in [-0.39, 0.29) is 17.3 Å². The lowest BCUT2D eigenvalue weighted by Gasteiger charge is -2.19. The van der Waals surface area contributed by atoms with Crippen LogP contribution < -0.4 is 5.32 Å². The summed E-state index contributed by atoms with van der Waals surface area (Å²) in [5, 5.41) is 22.8. The Labute approximate surface area is 109 Å². The van der Waals surface area contributed by atoms with Crippen LogP contribution in [0.15, 0.2) is 18.2 Å². The summed E-state index contributed by atoms with van der Waals surface area (Å²) in [5.41, 5.74) is -0.0973. The second kappa shape index (κ2) is 5.68.